The SMILES string of the molecule is CC(C)C1CCC(NI)CC1. The Morgan fingerprint density at radius 2 is 1.73 bits per heavy atom. The molecule has 1 fully saturated rings. The first-order chi connectivity index (χ1) is 5.24. The van der Waals surface area contributed by atoms with E-state index in [2.05, 4.69) is 40.2 Å². The largest absolute Gasteiger partial charge is 0.258 e. The average molecular weight is 267 g/mol. The molecule has 1 nitrogen and oxygen atoms in total. The maximum Gasteiger partial charge on any atom is 0.0172 e. The molecule has 0 aromatic carbocycles. The molecule has 1 N–H and O–H groups in total. The molecule has 1 rings (SSSR count). The van der Waals surface area contributed by atoms with Gasteiger partial charge in [-0.2, -0.15) is 0 Å². The lowest BCUT2D eigenvalue weighted by atomic mass is 9.80. The van der Waals surface area contributed by atoms with Gasteiger partial charge in [0, 0.05) is 28.9 Å². The zero-order valence-electron chi connectivity index (χ0n) is 7.44. The summed E-state index contributed by atoms with van der Waals surface area (Å²) in [4.78, 5) is 0. The molecule has 0 aromatic heterocycles. The van der Waals surface area contributed by atoms with Gasteiger partial charge in [0.15, 0.2) is 0 Å². The third-order valence-electron chi connectivity index (χ3n) is 2.87. The van der Waals surface area contributed by atoms with Crippen molar-refractivity contribution in [2.45, 2.75) is 45.6 Å². The van der Waals surface area contributed by atoms with E-state index < -0.39 is 0 Å². The second kappa shape index (κ2) is 4.65. The van der Waals surface area contributed by atoms with Crippen molar-refractivity contribution < 1.29 is 0 Å². The predicted molar refractivity (Wildman–Crippen MR) is 57.7 cm³/mol. The summed E-state index contributed by atoms with van der Waals surface area (Å²) in [7, 11) is 0. The Morgan fingerprint density at radius 1 is 1.18 bits per heavy atom. The highest BCUT2D eigenvalue weighted by molar-refractivity contribution is 14.1. The van der Waals surface area contributed by atoms with Crippen molar-refractivity contribution in [3.8, 4) is 0 Å². The number of nitrogens with one attached hydrogen (secondary N) is 1. The Balaban J connectivity index is 2.24. The van der Waals surface area contributed by atoms with E-state index in [0.717, 1.165) is 17.9 Å². The van der Waals surface area contributed by atoms with Crippen LogP contribution < -0.4 is 3.53 Å². The molecule has 0 unspecified atom stereocenters. The van der Waals surface area contributed by atoms with Crippen molar-refractivity contribution in [3.63, 3.8) is 0 Å². The fourth-order valence-electron chi connectivity index (χ4n) is 1.89. The number of halogens is 1. The van der Waals surface area contributed by atoms with E-state index in [1.165, 1.54) is 25.7 Å². The second-order valence-corrected chi connectivity index (χ2v) is 4.59. The molecule has 0 heterocycles. The smallest absolute Gasteiger partial charge is 0.0172 e. The van der Waals surface area contributed by atoms with Gasteiger partial charge in [0.2, 0.25) is 0 Å². The summed E-state index contributed by atoms with van der Waals surface area (Å²) in [6, 6.07) is 0.797. The molecule has 0 radical (unpaired) electrons. The summed E-state index contributed by atoms with van der Waals surface area (Å²) in [5.41, 5.74) is 0. The Morgan fingerprint density at radius 3 is 2.09 bits per heavy atom. The van der Waals surface area contributed by atoms with Crippen LogP contribution in [0, 0.1) is 11.8 Å². The molecule has 0 saturated heterocycles. The average Bonchev–Trinajstić information content (AvgIpc) is 2.05. The Labute approximate surface area is 83.8 Å². The standard InChI is InChI=1S/C9H18IN/c1-7(2)8-3-5-9(11-10)6-4-8/h7-9,11H,3-6H2,1-2H3. The summed E-state index contributed by atoms with van der Waals surface area (Å²) < 4.78 is 3.33. The third-order valence-corrected chi connectivity index (χ3v) is 3.75. The minimum absolute atomic E-state index is 0.797. The normalized spacial score (nSPS) is 32.7. The van der Waals surface area contributed by atoms with Crippen LogP contribution in [0.25, 0.3) is 0 Å². The van der Waals surface area contributed by atoms with Crippen LogP contribution in [-0.4, -0.2) is 6.04 Å². The Bertz CT molecular complexity index is 106. The predicted octanol–water partition coefficient (Wildman–Crippen LogP) is 3.14. The van der Waals surface area contributed by atoms with Crippen LogP contribution in [0.5, 0.6) is 0 Å². The van der Waals surface area contributed by atoms with Gasteiger partial charge >= 0.3 is 0 Å². The van der Waals surface area contributed by atoms with Gasteiger partial charge in [-0.25, -0.2) is 0 Å². The van der Waals surface area contributed by atoms with Crippen LogP contribution in [0.3, 0.4) is 0 Å². The Kier molecular flexibility index (Phi) is 4.13. The molecule has 1 saturated carbocycles. The van der Waals surface area contributed by atoms with Crippen molar-refractivity contribution >= 4 is 22.9 Å². The molecule has 0 bridgehead atoms. The van der Waals surface area contributed by atoms with E-state index in [-0.39, 0.29) is 0 Å². The van der Waals surface area contributed by atoms with E-state index in [0.29, 0.717) is 0 Å². The van der Waals surface area contributed by atoms with Gasteiger partial charge in [-0.05, 0) is 37.5 Å². The molecule has 0 atom stereocenters. The van der Waals surface area contributed by atoms with Crippen LogP contribution in [0.15, 0.2) is 0 Å². The highest BCUT2D eigenvalue weighted by atomic mass is 127. The van der Waals surface area contributed by atoms with E-state index in [1.54, 1.807) is 0 Å². The summed E-state index contributed by atoms with van der Waals surface area (Å²) in [6.45, 7) is 4.70. The van der Waals surface area contributed by atoms with E-state index in [9.17, 15) is 0 Å². The van der Waals surface area contributed by atoms with Gasteiger partial charge in [-0.3, -0.25) is 3.53 Å². The third kappa shape index (κ3) is 2.90. The van der Waals surface area contributed by atoms with Crippen LogP contribution in [0.2, 0.25) is 0 Å². The summed E-state index contributed by atoms with van der Waals surface area (Å²) in [5.74, 6) is 1.89. The molecular weight excluding hydrogens is 249 g/mol. The maximum atomic E-state index is 3.33. The highest BCUT2D eigenvalue weighted by Gasteiger charge is 2.21. The quantitative estimate of drug-likeness (QED) is 0.598. The van der Waals surface area contributed by atoms with Crippen molar-refractivity contribution in [2.75, 3.05) is 0 Å². The molecule has 1 aliphatic carbocycles. The van der Waals surface area contributed by atoms with Gasteiger partial charge in [-0.1, -0.05) is 13.8 Å². The molecule has 1 aliphatic rings. The fraction of sp³-hybridized carbons (Fsp3) is 1.00. The maximum absolute atomic E-state index is 3.33. The number of hydrogen-bond acceptors (Lipinski definition) is 1. The molecule has 0 amide bonds. The first-order valence-electron chi connectivity index (χ1n) is 4.60. The van der Waals surface area contributed by atoms with E-state index >= 15 is 0 Å². The zero-order valence-corrected chi connectivity index (χ0v) is 9.60. The lowest BCUT2D eigenvalue weighted by Gasteiger charge is -2.29. The summed E-state index contributed by atoms with van der Waals surface area (Å²) in [5, 5.41) is 0. The highest BCUT2D eigenvalue weighted by Crippen LogP contribution is 2.29. The first kappa shape index (κ1) is 9.78. The lowest BCUT2D eigenvalue weighted by Crippen LogP contribution is -2.28. The zero-order chi connectivity index (χ0) is 8.27. The summed E-state index contributed by atoms with van der Waals surface area (Å²) in [6.07, 6.45) is 5.62. The topological polar surface area (TPSA) is 12.0 Å². The Hall–Kier alpha value is 0.690. The number of rotatable bonds is 2. The van der Waals surface area contributed by atoms with Crippen LogP contribution in [0.1, 0.15) is 39.5 Å². The molecule has 2 heteroatoms. The molecule has 0 aliphatic heterocycles. The monoisotopic (exact) mass is 267 g/mol. The van der Waals surface area contributed by atoms with Gasteiger partial charge < -0.3 is 0 Å². The second-order valence-electron chi connectivity index (χ2n) is 3.96. The lowest BCUT2D eigenvalue weighted by molar-refractivity contribution is 0.256. The molecule has 66 valence electrons. The van der Waals surface area contributed by atoms with E-state index in [1.807, 2.05) is 0 Å². The summed E-state index contributed by atoms with van der Waals surface area (Å²) >= 11 is 2.28. The van der Waals surface area contributed by atoms with Gasteiger partial charge in [-0.15, -0.1) is 0 Å². The fourth-order valence-corrected chi connectivity index (χ4v) is 2.52. The molecule has 11 heavy (non-hydrogen) atoms. The number of hydrogen-bond donors (Lipinski definition) is 1. The van der Waals surface area contributed by atoms with Crippen molar-refractivity contribution in [3.05, 3.63) is 0 Å². The molecule has 0 aromatic rings. The van der Waals surface area contributed by atoms with Crippen LogP contribution in [0.4, 0.5) is 0 Å². The molecule has 0 spiro atoms. The van der Waals surface area contributed by atoms with Gasteiger partial charge in [0.1, 0.15) is 0 Å². The van der Waals surface area contributed by atoms with Gasteiger partial charge in [0.05, 0.1) is 0 Å². The minimum Gasteiger partial charge on any atom is -0.258 e. The van der Waals surface area contributed by atoms with Crippen LogP contribution in [-0.2, 0) is 0 Å². The minimum atomic E-state index is 0.797. The van der Waals surface area contributed by atoms with Crippen molar-refractivity contribution in [1.29, 1.82) is 0 Å². The first-order valence-corrected chi connectivity index (χ1v) is 5.68. The van der Waals surface area contributed by atoms with E-state index in [4.69, 9.17) is 0 Å². The van der Waals surface area contributed by atoms with Crippen molar-refractivity contribution in [1.82, 2.24) is 3.53 Å². The van der Waals surface area contributed by atoms with Gasteiger partial charge in [0.25, 0.3) is 0 Å². The van der Waals surface area contributed by atoms with Crippen molar-refractivity contribution in [2.24, 2.45) is 11.8 Å². The molecular formula is C9H18IN. The van der Waals surface area contributed by atoms with Crippen LogP contribution >= 0.6 is 22.9 Å².